The third-order valence-electron chi connectivity index (χ3n) is 5.51. The molecule has 168 valence electrons. The number of aromatic amines is 4. The zero-order valence-electron chi connectivity index (χ0n) is 15.9. The minimum Gasteiger partial charge on any atom is -0.360 e. The van der Waals surface area contributed by atoms with Crippen molar-refractivity contribution in [3.05, 3.63) is 81.3 Å². The predicted octanol–water partition coefficient (Wildman–Crippen LogP) is 9.78. The topological polar surface area (TPSA) is 63.2 Å². The molecule has 5 heterocycles. The summed E-state index contributed by atoms with van der Waals surface area (Å²) in [6.07, 6.45) is 2.89. The predicted molar refractivity (Wildman–Crippen MR) is 156 cm³/mol. The molecule has 4 aromatic rings. The van der Waals surface area contributed by atoms with Crippen molar-refractivity contribution in [1.82, 2.24) is 19.9 Å². The molecule has 0 unspecified atom stereocenters. The second-order valence-corrected chi connectivity index (χ2v) is 13.9. The van der Waals surface area contributed by atoms with Gasteiger partial charge in [-0.25, -0.2) is 0 Å². The molecule has 1 aliphatic heterocycles. The third kappa shape index (κ3) is 4.24. The summed E-state index contributed by atoms with van der Waals surface area (Å²) < 4.78 is 8.32. The van der Waals surface area contributed by atoms with E-state index >= 15 is 0 Å². The Hall–Kier alpha value is 0.960. The van der Waals surface area contributed by atoms with Gasteiger partial charge in [0.1, 0.15) is 0 Å². The second-order valence-electron chi connectivity index (χ2n) is 7.55. The van der Waals surface area contributed by atoms with E-state index in [9.17, 15) is 0 Å². The van der Waals surface area contributed by atoms with Gasteiger partial charge in [0.05, 0.1) is 35.8 Å². The highest BCUT2D eigenvalue weighted by atomic mass is 79.9. The van der Waals surface area contributed by atoms with E-state index in [1.165, 1.54) is 0 Å². The monoisotopic (exact) mass is 939 g/mol. The van der Waals surface area contributed by atoms with Crippen LogP contribution in [0.1, 0.15) is 45.6 Å². The van der Waals surface area contributed by atoms with Gasteiger partial charge < -0.3 is 19.9 Å². The lowest BCUT2D eigenvalue weighted by Crippen LogP contribution is -1.97. The van der Waals surface area contributed by atoms with Gasteiger partial charge >= 0.3 is 0 Å². The van der Waals surface area contributed by atoms with Crippen molar-refractivity contribution in [3.63, 3.8) is 0 Å². The highest BCUT2D eigenvalue weighted by Gasteiger charge is 2.24. The van der Waals surface area contributed by atoms with Gasteiger partial charge in [0.25, 0.3) is 0 Å². The van der Waals surface area contributed by atoms with Crippen LogP contribution in [0.5, 0.6) is 0 Å². The minimum atomic E-state index is 0.722. The average molecular weight is 948 g/mol. The summed E-state index contributed by atoms with van der Waals surface area (Å²) in [5.41, 5.74) is 8.84. The lowest BCUT2D eigenvalue weighted by molar-refractivity contribution is 0.939. The molecule has 0 radical (unpaired) electrons. The highest BCUT2D eigenvalue weighted by molar-refractivity contribution is 9.14. The van der Waals surface area contributed by atoms with Crippen LogP contribution in [-0.2, 0) is 25.7 Å². The maximum Gasteiger partial charge on any atom is 0.0531 e. The van der Waals surface area contributed by atoms with Gasteiger partial charge in [-0.3, -0.25) is 0 Å². The first-order valence-corrected chi connectivity index (χ1v) is 15.7. The van der Waals surface area contributed by atoms with Gasteiger partial charge in [-0.15, -0.1) is 0 Å². The number of nitrogens with one attached hydrogen (secondary N) is 4. The largest absolute Gasteiger partial charge is 0.360 e. The number of halogens is 8. The first-order chi connectivity index (χ1) is 15.2. The maximum atomic E-state index is 3.77. The van der Waals surface area contributed by atoms with Crippen LogP contribution in [-0.4, -0.2) is 19.9 Å². The van der Waals surface area contributed by atoms with E-state index in [4.69, 9.17) is 0 Å². The molecule has 4 N–H and O–H groups in total. The Morgan fingerprint density at radius 1 is 0.281 bits per heavy atom. The summed E-state index contributed by atoms with van der Waals surface area (Å²) in [5.74, 6) is 0. The minimum absolute atomic E-state index is 0.722. The molecule has 4 aromatic heterocycles. The molecule has 0 saturated heterocycles. The summed E-state index contributed by atoms with van der Waals surface area (Å²) >= 11 is 30.2. The van der Waals surface area contributed by atoms with Crippen LogP contribution < -0.4 is 0 Å². The molecule has 0 atom stereocenters. The molecule has 0 aliphatic carbocycles. The van der Waals surface area contributed by atoms with Gasteiger partial charge in [-0.1, -0.05) is 0 Å². The van der Waals surface area contributed by atoms with Crippen LogP contribution >= 0.6 is 127 Å². The lowest BCUT2D eigenvalue weighted by atomic mass is 10.2. The fourth-order valence-corrected chi connectivity index (χ4v) is 7.74. The van der Waals surface area contributed by atoms with E-state index in [2.05, 4.69) is 147 Å². The molecule has 4 nitrogen and oxygen atoms in total. The standard InChI is InChI=1S/C20H12Br8N4/c21-13-5-1-6-14(22)16(24)8(30-6)3-10-18(26)20(28)12(32-10)4-11-19(27)17(25)9(31-11)2-7(29-5)15(13)23/h29-32H,1-4H2. The van der Waals surface area contributed by atoms with Crippen LogP contribution in [0.4, 0.5) is 0 Å². The first kappa shape index (κ1) is 24.6. The fraction of sp³-hybridized carbons (Fsp3) is 0.200. The van der Waals surface area contributed by atoms with E-state index < -0.39 is 0 Å². The van der Waals surface area contributed by atoms with Crippen LogP contribution in [0.15, 0.2) is 35.8 Å². The summed E-state index contributed by atoms with van der Waals surface area (Å²) in [6.45, 7) is 0. The normalized spacial score (nSPS) is 13.8. The van der Waals surface area contributed by atoms with Crippen molar-refractivity contribution in [2.45, 2.75) is 25.7 Å². The second kappa shape index (κ2) is 9.44. The quantitative estimate of drug-likeness (QED) is 0.120. The van der Waals surface area contributed by atoms with Crippen LogP contribution in [0.3, 0.4) is 0 Å². The van der Waals surface area contributed by atoms with E-state index in [0.717, 1.165) is 107 Å². The van der Waals surface area contributed by atoms with Crippen molar-refractivity contribution >= 4 is 127 Å². The number of hydrogen-bond acceptors (Lipinski definition) is 0. The molecule has 0 fully saturated rings. The Balaban J connectivity index is 1.70. The average Bonchev–Trinajstić information content (AvgIpc) is 3.37. The van der Waals surface area contributed by atoms with Gasteiger partial charge in [-0.2, -0.15) is 0 Å². The maximum absolute atomic E-state index is 3.77. The Labute approximate surface area is 251 Å². The fourth-order valence-electron chi connectivity index (χ4n) is 3.91. The number of hydrogen-bond donors (Lipinski definition) is 4. The summed E-state index contributed by atoms with van der Waals surface area (Å²) in [4.78, 5) is 14.5. The van der Waals surface area contributed by atoms with Crippen LogP contribution in [0.25, 0.3) is 0 Å². The van der Waals surface area contributed by atoms with Crippen molar-refractivity contribution < 1.29 is 0 Å². The van der Waals surface area contributed by atoms with Crippen molar-refractivity contribution in [1.29, 1.82) is 0 Å². The van der Waals surface area contributed by atoms with Crippen LogP contribution in [0.2, 0.25) is 0 Å². The molecular formula is C20H12Br8N4. The molecule has 0 aromatic carbocycles. The highest BCUT2D eigenvalue weighted by Crippen LogP contribution is 2.41. The zero-order chi connectivity index (χ0) is 22.9. The number of fused-ring (bicyclic) bond motifs is 8. The molecule has 0 amide bonds. The van der Waals surface area contributed by atoms with E-state index in [0.29, 0.717) is 0 Å². The Bertz CT molecular complexity index is 1070. The van der Waals surface area contributed by atoms with Crippen molar-refractivity contribution in [2.75, 3.05) is 0 Å². The lowest BCUT2D eigenvalue weighted by Gasteiger charge is -2.02. The summed E-state index contributed by atoms with van der Waals surface area (Å²) in [7, 11) is 0. The van der Waals surface area contributed by atoms with E-state index in [1.54, 1.807) is 0 Å². The van der Waals surface area contributed by atoms with Gasteiger partial charge in [-0.05, 0) is 127 Å². The number of aromatic nitrogens is 4. The number of rotatable bonds is 0. The summed E-state index contributed by atoms with van der Waals surface area (Å²) in [5, 5.41) is 0. The molecule has 8 bridgehead atoms. The van der Waals surface area contributed by atoms with E-state index in [1.807, 2.05) is 0 Å². The molecule has 32 heavy (non-hydrogen) atoms. The molecule has 12 heteroatoms. The smallest absolute Gasteiger partial charge is 0.0531 e. The molecule has 0 spiro atoms. The third-order valence-corrected chi connectivity index (χ3v) is 14.6. The van der Waals surface area contributed by atoms with Crippen molar-refractivity contribution in [3.8, 4) is 0 Å². The summed E-state index contributed by atoms with van der Waals surface area (Å²) in [6, 6.07) is 0. The van der Waals surface area contributed by atoms with Crippen LogP contribution in [0, 0.1) is 0 Å². The van der Waals surface area contributed by atoms with Crippen molar-refractivity contribution in [2.24, 2.45) is 0 Å². The molecule has 5 rings (SSSR count). The zero-order valence-corrected chi connectivity index (χ0v) is 28.5. The SMILES string of the molecule is Brc1c2[nH]c(c1Br)Cc1[nH]c(c(Br)c1Br)Cc1[nH]c(c(Br)c1Br)Cc1[nH]c(c(Br)c1Br)C2. The Morgan fingerprint density at radius 3 is 0.531 bits per heavy atom. The Kier molecular flexibility index (Phi) is 7.27. The number of H-pyrrole nitrogens is 4. The first-order valence-electron chi connectivity index (χ1n) is 9.34. The molecule has 0 saturated carbocycles. The van der Waals surface area contributed by atoms with Gasteiger partial charge in [0, 0.05) is 71.2 Å². The van der Waals surface area contributed by atoms with Gasteiger partial charge in [0.2, 0.25) is 0 Å². The van der Waals surface area contributed by atoms with Gasteiger partial charge in [0.15, 0.2) is 0 Å². The Morgan fingerprint density at radius 2 is 0.406 bits per heavy atom. The molecular weight excluding hydrogens is 935 g/mol. The molecule has 1 aliphatic rings. The van der Waals surface area contributed by atoms with E-state index in [-0.39, 0.29) is 0 Å².